The van der Waals surface area contributed by atoms with E-state index in [1.54, 1.807) is 6.07 Å². The normalized spacial score (nSPS) is 12.1. The van der Waals surface area contributed by atoms with Gasteiger partial charge in [-0.15, -0.1) is 0 Å². The first-order chi connectivity index (χ1) is 11.0. The van der Waals surface area contributed by atoms with E-state index in [9.17, 15) is 13.2 Å². The van der Waals surface area contributed by atoms with Crippen molar-refractivity contribution in [3.63, 3.8) is 0 Å². The fraction of sp³-hybridized carbons (Fsp3) is 0.0556. The van der Waals surface area contributed by atoms with Crippen molar-refractivity contribution in [2.45, 2.75) is 6.18 Å². The standard InChI is InChI=1S/C18H11F3N2/c19-18(20,21)17-10-16(22-23-17)13-8-7-12-6-5-11-3-1-2-4-14(11)15(12)9-13/h1-10H,(H,22,23). The van der Waals surface area contributed by atoms with Gasteiger partial charge in [-0.25, -0.2) is 0 Å². The lowest BCUT2D eigenvalue weighted by Crippen LogP contribution is -2.04. The smallest absolute Gasteiger partial charge is 0.273 e. The number of halogens is 3. The molecule has 0 bridgehead atoms. The third kappa shape index (κ3) is 2.34. The third-order valence-corrected chi connectivity index (χ3v) is 3.93. The van der Waals surface area contributed by atoms with Crippen molar-refractivity contribution in [3.8, 4) is 11.3 Å². The highest BCUT2D eigenvalue weighted by Gasteiger charge is 2.33. The van der Waals surface area contributed by atoms with Crippen LogP contribution in [0.1, 0.15) is 5.69 Å². The van der Waals surface area contributed by atoms with E-state index in [2.05, 4.69) is 10.2 Å². The van der Waals surface area contributed by atoms with E-state index in [0.29, 0.717) is 5.56 Å². The van der Waals surface area contributed by atoms with Gasteiger partial charge < -0.3 is 0 Å². The van der Waals surface area contributed by atoms with Crippen LogP contribution in [-0.4, -0.2) is 10.2 Å². The molecule has 3 aromatic carbocycles. The SMILES string of the molecule is FC(F)(F)c1cc(-c2ccc3ccc4ccccc4c3c2)n[nH]1. The van der Waals surface area contributed by atoms with Crippen LogP contribution in [0, 0.1) is 0 Å². The molecule has 0 spiro atoms. The zero-order chi connectivity index (χ0) is 16.0. The summed E-state index contributed by atoms with van der Waals surface area (Å²) in [7, 11) is 0. The maximum Gasteiger partial charge on any atom is 0.432 e. The monoisotopic (exact) mass is 312 g/mol. The van der Waals surface area contributed by atoms with Crippen LogP contribution in [0.4, 0.5) is 13.2 Å². The second kappa shape index (κ2) is 4.84. The second-order valence-electron chi connectivity index (χ2n) is 5.39. The molecule has 0 radical (unpaired) electrons. The average molecular weight is 312 g/mol. The number of hydrogen-bond acceptors (Lipinski definition) is 1. The molecule has 0 aliphatic rings. The summed E-state index contributed by atoms with van der Waals surface area (Å²) in [5.74, 6) is 0. The number of fused-ring (bicyclic) bond motifs is 3. The molecule has 0 saturated carbocycles. The van der Waals surface area contributed by atoms with Gasteiger partial charge in [0.05, 0.1) is 5.69 Å². The Morgan fingerprint density at radius 3 is 2.22 bits per heavy atom. The predicted molar refractivity (Wildman–Crippen MR) is 84.0 cm³/mol. The fourth-order valence-electron chi connectivity index (χ4n) is 2.78. The van der Waals surface area contributed by atoms with Crippen molar-refractivity contribution in [1.29, 1.82) is 0 Å². The summed E-state index contributed by atoms with van der Waals surface area (Å²) in [5, 5.41) is 10.0. The molecule has 1 aromatic heterocycles. The van der Waals surface area contributed by atoms with E-state index in [0.717, 1.165) is 27.6 Å². The summed E-state index contributed by atoms with van der Waals surface area (Å²) in [6.07, 6.45) is -4.42. The van der Waals surface area contributed by atoms with Gasteiger partial charge in [-0.05, 0) is 33.7 Å². The molecule has 0 aliphatic heterocycles. The zero-order valence-corrected chi connectivity index (χ0v) is 11.9. The number of H-pyrrole nitrogens is 1. The summed E-state index contributed by atoms with van der Waals surface area (Å²) in [4.78, 5) is 0. The maximum absolute atomic E-state index is 12.7. The Hall–Kier alpha value is -2.82. The Labute approximate surface area is 129 Å². The number of aromatic amines is 1. The molecule has 114 valence electrons. The fourth-order valence-corrected chi connectivity index (χ4v) is 2.78. The zero-order valence-electron chi connectivity index (χ0n) is 11.9. The van der Waals surface area contributed by atoms with Crippen molar-refractivity contribution in [2.24, 2.45) is 0 Å². The number of benzene rings is 3. The van der Waals surface area contributed by atoms with E-state index in [1.807, 2.05) is 48.5 Å². The molecule has 4 aromatic rings. The molecule has 4 rings (SSSR count). The Morgan fingerprint density at radius 2 is 1.48 bits per heavy atom. The number of hydrogen-bond donors (Lipinski definition) is 1. The number of aromatic nitrogens is 2. The van der Waals surface area contributed by atoms with Gasteiger partial charge >= 0.3 is 6.18 Å². The highest BCUT2D eigenvalue weighted by molar-refractivity contribution is 6.08. The lowest BCUT2D eigenvalue weighted by atomic mass is 9.99. The van der Waals surface area contributed by atoms with Crippen LogP contribution in [0.2, 0.25) is 0 Å². The number of rotatable bonds is 1. The number of alkyl halides is 3. The first-order valence-electron chi connectivity index (χ1n) is 7.07. The molecule has 2 nitrogen and oxygen atoms in total. The van der Waals surface area contributed by atoms with Crippen LogP contribution in [-0.2, 0) is 6.18 Å². The quantitative estimate of drug-likeness (QED) is 0.468. The van der Waals surface area contributed by atoms with Crippen LogP contribution in [0.25, 0.3) is 32.8 Å². The van der Waals surface area contributed by atoms with Gasteiger partial charge in [-0.2, -0.15) is 18.3 Å². The Bertz CT molecular complexity index is 1020. The average Bonchev–Trinajstić information content (AvgIpc) is 3.04. The molecule has 0 unspecified atom stereocenters. The summed E-state index contributed by atoms with van der Waals surface area (Å²) < 4.78 is 38.1. The van der Waals surface area contributed by atoms with Gasteiger partial charge in [-0.3, -0.25) is 5.10 Å². The van der Waals surface area contributed by atoms with E-state index in [4.69, 9.17) is 0 Å². The lowest BCUT2D eigenvalue weighted by molar-refractivity contribution is -0.141. The van der Waals surface area contributed by atoms with Crippen molar-refractivity contribution < 1.29 is 13.2 Å². The number of nitrogens with zero attached hydrogens (tertiary/aromatic N) is 1. The van der Waals surface area contributed by atoms with Crippen LogP contribution < -0.4 is 0 Å². The first-order valence-corrected chi connectivity index (χ1v) is 7.07. The van der Waals surface area contributed by atoms with E-state index >= 15 is 0 Å². The van der Waals surface area contributed by atoms with Crippen molar-refractivity contribution in [3.05, 3.63) is 66.4 Å². The minimum Gasteiger partial charge on any atom is -0.273 e. The third-order valence-electron chi connectivity index (χ3n) is 3.93. The van der Waals surface area contributed by atoms with Crippen LogP contribution in [0.5, 0.6) is 0 Å². The molecular weight excluding hydrogens is 301 g/mol. The molecule has 1 heterocycles. The molecule has 0 amide bonds. The van der Waals surface area contributed by atoms with Crippen molar-refractivity contribution in [1.82, 2.24) is 10.2 Å². The van der Waals surface area contributed by atoms with Gasteiger partial charge in [0, 0.05) is 5.56 Å². The van der Waals surface area contributed by atoms with Crippen molar-refractivity contribution in [2.75, 3.05) is 0 Å². The highest BCUT2D eigenvalue weighted by Crippen LogP contribution is 2.32. The topological polar surface area (TPSA) is 28.7 Å². The van der Waals surface area contributed by atoms with Gasteiger partial charge in [0.1, 0.15) is 5.69 Å². The summed E-state index contributed by atoms with van der Waals surface area (Å²) in [6.45, 7) is 0. The largest absolute Gasteiger partial charge is 0.432 e. The summed E-state index contributed by atoms with van der Waals surface area (Å²) in [5.41, 5.74) is 0.0956. The lowest BCUT2D eigenvalue weighted by Gasteiger charge is -2.05. The van der Waals surface area contributed by atoms with Gasteiger partial charge in [0.25, 0.3) is 0 Å². The van der Waals surface area contributed by atoms with E-state index in [1.165, 1.54) is 0 Å². The number of nitrogens with one attached hydrogen (secondary N) is 1. The molecule has 5 heteroatoms. The van der Waals surface area contributed by atoms with Crippen LogP contribution in [0.15, 0.2) is 60.7 Å². The van der Waals surface area contributed by atoms with Gasteiger partial charge in [0.15, 0.2) is 0 Å². The minimum atomic E-state index is -4.42. The summed E-state index contributed by atoms with van der Waals surface area (Å²) in [6, 6.07) is 18.6. The molecule has 1 N–H and O–H groups in total. The Balaban J connectivity index is 1.91. The minimum absolute atomic E-state index is 0.284. The molecule has 0 aliphatic carbocycles. The first kappa shape index (κ1) is 13.8. The van der Waals surface area contributed by atoms with Crippen molar-refractivity contribution >= 4 is 21.5 Å². The highest BCUT2D eigenvalue weighted by atomic mass is 19.4. The van der Waals surface area contributed by atoms with E-state index < -0.39 is 11.9 Å². The molecular formula is C18H11F3N2. The predicted octanol–water partition coefficient (Wildman–Crippen LogP) is 5.40. The summed E-state index contributed by atoms with van der Waals surface area (Å²) >= 11 is 0. The van der Waals surface area contributed by atoms with Gasteiger partial charge in [-0.1, -0.05) is 48.5 Å². The Kier molecular flexibility index (Phi) is 2.91. The van der Waals surface area contributed by atoms with Crippen LogP contribution >= 0.6 is 0 Å². The molecule has 23 heavy (non-hydrogen) atoms. The Morgan fingerprint density at radius 1 is 0.783 bits per heavy atom. The molecule has 0 saturated heterocycles. The molecule has 0 fully saturated rings. The second-order valence-corrected chi connectivity index (χ2v) is 5.39. The van der Waals surface area contributed by atoms with Gasteiger partial charge in [0.2, 0.25) is 0 Å². The van der Waals surface area contributed by atoms with E-state index in [-0.39, 0.29) is 5.69 Å². The maximum atomic E-state index is 12.7. The van der Waals surface area contributed by atoms with Crippen LogP contribution in [0.3, 0.4) is 0 Å². The molecule has 0 atom stereocenters.